The molecular formula is C19H27N5O2. The smallest absolute Gasteiger partial charge is 0.251 e. The standard InChI is InChI=1S/C19H27N5O2/c1-12(2)16(13(3)17(20-5)24-19(4)7-8-19)18(25)21-10-14-9-15(26-6)23-11-22-14/h9,11,24H,5,7-8,10H2,1-4,6H3,(H,21,25)/b17-13-. The fourth-order valence-corrected chi connectivity index (χ4v) is 2.59. The van der Waals surface area contributed by atoms with Gasteiger partial charge in [0.05, 0.1) is 19.3 Å². The van der Waals surface area contributed by atoms with Gasteiger partial charge in [-0.25, -0.2) is 15.0 Å². The molecule has 7 heteroatoms. The molecule has 7 nitrogen and oxygen atoms in total. The van der Waals surface area contributed by atoms with Crippen molar-refractivity contribution in [1.29, 1.82) is 0 Å². The van der Waals surface area contributed by atoms with Crippen LogP contribution in [0.1, 0.15) is 46.2 Å². The van der Waals surface area contributed by atoms with Gasteiger partial charge in [-0.1, -0.05) is 5.57 Å². The molecule has 1 heterocycles. The second kappa shape index (κ2) is 8.12. The van der Waals surface area contributed by atoms with Crippen molar-refractivity contribution in [1.82, 2.24) is 20.6 Å². The number of carbonyl (C=O) groups is 1. The molecule has 0 saturated heterocycles. The number of allylic oxidation sites excluding steroid dienone is 1. The molecular weight excluding hydrogens is 330 g/mol. The number of hydrogen-bond donors (Lipinski definition) is 2. The Morgan fingerprint density at radius 1 is 1.35 bits per heavy atom. The molecule has 0 bridgehead atoms. The molecule has 1 saturated carbocycles. The average molecular weight is 357 g/mol. The molecule has 1 aliphatic rings. The van der Waals surface area contributed by atoms with Gasteiger partial charge in [-0.2, -0.15) is 0 Å². The van der Waals surface area contributed by atoms with Crippen LogP contribution in [-0.4, -0.2) is 35.2 Å². The van der Waals surface area contributed by atoms with Crippen LogP contribution in [-0.2, 0) is 11.3 Å². The lowest BCUT2D eigenvalue weighted by molar-refractivity contribution is -0.117. The third-order valence-corrected chi connectivity index (χ3v) is 4.37. The molecule has 0 atom stereocenters. The van der Waals surface area contributed by atoms with Gasteiger partial charge >= 0.3 is 0 Å². The van der Waals surface area contributed by atoms with E-state index in [1.54, 1.807) is 6.07 Å². The fraction of sp³-hybridized carbons (Fsp3) is 0.474. The Kier molecular flexibility index (Phi) is 6.13. The molecule has 1 aromatic rings. The third kappa shape index (κ3) is 4.91. The summed E-state index contributed by atoms with van der Waals surface area (Å²) in [6, 6.07) is 1.69. The minimum absolute atomic E-state index is 0.0541. The highest BCUT2D eigenvalue weighted by Crippen LogP contribution is 2.36. The summed E-state index contributed by atoms with van der Waals surface area (Å²) in [5.74, 6) is 0.937. The van der Waals surface area contributed by atoms with E-state index in [2.05, 4.69) is 39.2 Å². The van der Waals surface area contributed by atoms with Crippen LogP contribution in [0.5, 0.6) is 5.88 Å². The summed E-state index contributed by atoms with van der Waals surface area (Å²) >= 11 is 0. The fourth-order valence-electron chi connectivity index (χ4n) is 2.59. The van der Waals surface area contributed by atoms with Gasteiger partial charge in [-0.15, -0.1) is 0 Å². The lowest BCUT2D eigenvalue weighted by Crippen LogP contribution is -2.30. The number of nitrogens with one attached hydrogen (secondary N) is 2. The highest BCUT2D eigenvalue weighted by atomic mass is 16.5. The predicted octanol–water partition coefficient (Wildman–Crippen LogP) is 2.51. The van der Waals surface area contributed by atoms with E-state index < -0.39 is 0 Å². The number of hydrogen-bond acceptors (Lipinski definition) is 6. The lowest BCUT2D eigenvalue weighted by atomic mass is 10.0. The van der Waals surface area contributed by atoms with Crippen molar-refractivity contribution in [2.75, 3.05) is 7.11 Å². The number of amides is 1. The van der Waals surface area contributed by atoms with Gasteiger partial charge in [-0.3, -0.25) is 4.79 Å². The quantitative estimate of drug-likeness (QED) is 0.424. The Balaban J connectivity index is 2.16. The van der Waals surface area contributed by atoms with Crippen molar-refractivity contribution >= 4 is 12.6 Å². The molecule has 2 N–H and O–H groups in total. The highest BCUT2D eigenvalue weighted by Gasteiger charge is 2.38. The third-order valence-electron chi connectivity index (χ3n) is 4.37. The van der Waals surface area contributed by atoms with E-state index in [0.29, 0.717) is 23.0 Å². The summed E-state index contributed by atoms with van der Waals surface area (Å²) in [7, 11) is 1.54. The van der Waals surface area contributed by atoms with Crippen molar-refractivity contribution in [3.63, 3.8) is 0 Å². The zero-order valence-electron chi connectivity index (χ0n) is 16.1. The number of rotatable bonds is 8. The van der Waals surface area contributed by atoms with Crippen LogP contribution >= 0.6 is 0 Å². The Hall–Kier alpha value is -2.70. The lowest BCUT2D eigenvalue weighted by Gasteiger charge is -2.18. The van der Waals surface area contributed by atoms with Gasteiger partial charge in [0.25, 0.3) is 5.91 Å². The summed E-state index contributed by atoms with van der Waals surface area (Å²) in [5, 5.41) is 6.30. The molecule has 26 heavy (non-hydrogen) atoms. The molecule has 1 amide bonds. The molecule has 0 radical (unpaired) electrons. The predicted molar refractivity (Wildman–Crippen MR) is 102 cm³/mol. The van der Waals surface area contributed by atoms with Crippen molar-refractivity contribution in [2.45, 2.75) is 52.6 Å². The Bertz CT molecular complexity index is 759. The highest BCUT2D eigenvalue weighted by molar-refractivity contribution is 5.98. The Labute approximate surface area is 154 Å². The van der Waals surface area contributed by atoms with Crippen LogP contribution in [0, 0.1) is 0 Å². The van der Waals surface area contributed by atoms with E-state index in [1.807, 2.05) is 20.8 Å². The van der Waals surface area contributed by atoms with Crippen LogP contribution in [0.15, 0.2) is 39.9 Å². The van der Waals surface area contributed by atoms with E-state index in [-0.39, 0.29) is 18.0 Å². The maximum Gasteiger partial charge on any atom is 0.251 e. The molecule has 0 spiro atoms. The minimum Gasteiger partial charge on any atom is -0.481 e. The van der Waals surface area contributed by atoms with Crippen LogP contribution in [0.3, 0.4) is 0 Å². The number of methoxy groups -OCH3 is 1. The normalized spacial score (nSPS) is 15.4. The van der Waals surface area contributed by atoms with Gasteiger partial charge < -0.3 is 15.4 Å². The van der Waals surface area contributed by atoms with Crippen molar-refractivity contribution in [3.05, 3.63) is 40.6 Å². The van der Waals surface area contributed by atoms with Crippen molar-refractivity contribution in [2.24, 2.45) is 4.99 Å². The first-order chi connectivity index (χ1) is 12.3. The first kappa shape index (κ1) is 19.6. The van der Waals surface area contributed by atoms with Gasteiger partial charge in [0.1, 0.15) is 12.1 Å². The molecule has 1 fully saturated rings. The van der Waals surface area contributed by atoms with Crippen LogP contribution in [0.4, 0.5) is 0 Å². The maximum atomic E-state index is 12.8. The monoisotopic (exact) mass is 357 g/mol. The number of nitrogens with zero attached hydrogens (tertiary/aromatic N) is 3. The second-order valence-corrected chi connectivity index (χ2v) is 6.93. The number of ether oxygens (including phenoxy) is 1. The van der Waals surface area contributed by atoms with E-state index >= 15 is 0 Å². The maximum absolute atomic E-state index is 12.8. The van der Waals surface area contributed by atoms with E-state index in [0.717, 1.165) is 24.0 Å². The van der Waals surface area contributed by atoms with E-state index in [4.69, 9.17) is 4.74 Å². The van der Waals surface area contributed by atoms with Crippen LogP contribution in [0.25, 0.3) is 0 Å². The van der Waals surface area contributed by atoms with Gasteiger partial charge in [-0.05, 0) is 47.3 Å². The van der Waals surface area contributed by atoms with E-state index in [1.165, 1.54) is 13.4 Å². The molecule has 2 rings (SSSR count). The summed E-state index contributed by atoms with van der Waals surface area (Å²) < 4.78 is 5.08. The van der Waals surface area contributed by atoms with Gasteiger partial charge in [0.2, 0.25) is 5.88 Å². The zero-order chi connectivity index (χ0) is 19.3. The first-order valence-corrected chi connectivity index (χ1v) is 8.56. The number of aliphatic imine (C=N–C) groups is 1. The van der Waals surface area contributed by atoms with Crippen LogP contribution in [0.2, 0.25) is 0 Å². The topological polar surface area (TPSA) is 88.5 Å². The largest absolute Gasteiger partial charge is 0.481 e. The van der Waals surface area contributed by atoms with Gasteiger partial charge in [0, 0.05) is 22.8 Å². The molecule has 1 aromatic heterocycles. The molecule has 0 aromatic carbocycles. The number of aromatic nitrogens is 2. The Morgan fingerprint density at radius 3 is 2.58 bits per heavy atom. The SMILES string of the molecule is C=N/C(NC1(C)CC1)=C(\C)C(C(=O)NCc1cc(OC)ncn1)=C(C)C. The average Bonchev–Trinajstić information content (AvgIpc) is 3.35. The zero-order valence-corrected chi connectivity index (χ0v) is 16.1. The van der Waals surface area contributed by atoms with Gasteiger partial charge in [0.15, 0.2) is 0 Å². The second-order valence-electron chi connectivity index (χ2n) is 6.93. The summed E-state index contributed by atoms with van der Waals surface area (Å²) in [4.78, 5) is 25.0. The summed E-state index contributed by atoms with van der Waals surface area (Å²) in [6.07, 6.45) is 3.59. The molecule has 1 aliphatic carbocycles. The Morgan fingerprint density at radius 2 is 2.04 bits per heavy atom. The van der Waals surface area contributed by atoms with Crippen LogP contribution < -0.4 is 15.4 Å². The molecule has 0 unspecified atom stereocenters. The first-order valence-electron chi connectivity index (χ1n) is 8.56. The summed E-state index contributed by atoms with van der Waals surface area (Å²) in [5.41, 5.74) is 3.02. The number of carbonyl (C=O) groups excluding carboxylic acids is 1. The molecule has 0 aliphatic heterocycles. The minimum atomic E-state index is -0.177. The van der Waals surface area contributed by atoms with Crippen molar-refractivity contribution in [3.8, 4) is 5.88 Å². The molecule has 140 valence electrons. The van der Waals surface area contributed by atoms with E-state index in [9.17, 15) is 4.79 Å². The van der Waals surface area contributed by atoms with Crippen molar-refractivity contribution < 1.29 is 9.53 Å². The summed E-state index contributed by atoms with van der Waals surface area (Å²) in [6.45, 7) is 11.8.